The highest BCUT2D eigenvalue weighted by Crippen LogP contribution is 2.27. The van der Waals surface area contributed by atoms with Crippen LogP contribution in [0.1, 0.15) is 36.1 Å². The summed E-state index contributed by atoms with van der Waals surface area (Å²) < 4.78 is 1.78. The number of hydrogen-bond donors (Lipinski definition) is 2. The smallest absolute Gasteiger partial charge is 0.253 e. The lowest BCUT2D eigenvalue weighted by molar-refractivity contribution is -0.113. The van der Waals surface area contributed by atoms with Crippen molar-refractivity contribution in [3.63, 3.8) is 0 Å². The van der Waals surface area contributed by atoms with Crippen LogP contribution in [0, 0.1) is 5.92 Å². The lowest BCUT2D eigenvalue weighted by Gasteiger charge is -2.22. The van der Waals surface area contributed by atoms with Crippen LogP contribution in [-0.2, 0) is 11.8 Å². The van der Waals surface area contributed by atoms with Gasteiger partial charge in [-0.15, -0.1) is 10.2 Å². The summed E-state index contributed by atoms with van der Waals surface area (Å²) in [7, 11) is 1.80. The Labute approximate surface area is 246 Å². The average Bonchev–Trinajstić information content (AvgIpc) is 3.30. The van der Waals surface area contributed by atoms with Crippen LogP contribution < -0.4 is 10.6 Å². The van der Waals surface area contributed by atoms with Gasteiger partial charge in [-0.1, -0.05) is 67.0 Å². The van der Waals surface area contributed by atoms with Crippen molar-refractivity contribution in [1.82, 2.24) is 20.1 Å². The maximum Gasteiger partial charge on any atom is 0.253 e. The van der Waals surface area contributed by atoms with E-state index in [4.69, 9.17) is 23.2 Å². The highest BCUT2D eigenvalue weighted by molar-refractivity contribution is 7.99. The molecule has 206 valence electrons. The second-order valence-electron chi connectivity index (χ2n) is 9.14. The van der Waals surface area contributed by atoms with Gasteiger partial charge in [0.05, 0.1) is 33.8 Å². The summed E-state index contributed by atoms with van der Waals surface area (Å²) in [6, 6.07) is 20.8. The Balaban J connectivity index is 1.34. The molecule has 0 saturated carbocycles. The summed E-state index contributed by atoms with van der Waals surface area (Å²) in [5.41, 5.74) is 2.40. The molecule has 9 nitrogen and oxygen atoms in total. The van der Waals surface area contributed by atoms with Gasteiger partial charge in [0.2, 0.25) is 5.91 Å². The van der Waals surface area contributed by atoms with Gasteiger partial charge in [-0.3, -0.25) is 9.59 Å². The minimum absolute atomic E-state index is 0.00859. The van der Waals surface area contributed by atoms with E-state index in [1.54, 1.807) is 48.0 Å². The Morgan fingerprint density at radius 1 is 0.950 bits per heavy atom. The number of aromatic nitrogens is 3. The molecule has 0 aliphatic rings. The second kappa shape index (κ2) is 13.6. The number of carbonyl (C=O) groups excluding carboxylic acids is 2. The molecule has 0 saturated heterocycles. The predicted octanol–water partition coefficient (Wildman–Crippen LogP) is 7.40. The summed E-state index contributed by atoms with van der Waals surface area (Å²) in [6.45, 7) is 3.94. The summed E-state index contributed by atoms with van der Waals surface area (Å²) in [5, 5.41) is 24.1. The highest BCUT2D eigenvalue weighted by atomic mass is 35.5. The summed E-state index contributed by atoms with van der Waals surface area (Å²) in [6.07, 6.45) is 0. The largest absolute Gasteiger partial charge is 0.342 e. The van der Waals surface area contributed by atoms with Crippen LogP contribution in [0.5, 0.6) is 0 Å². The van der Waals surface area contributed by atoms with Crippen LogP contribution in [-0.4, -0.2) is 32.3 Å². The van der Waals surface area contributed by atoms with Crippen LogP contribution in [0.3, 0.4) is 0 Å². The van der Waals surface area contributed by atoms with E-state index in [1.165, 1.54) is 17.8 Å². The molecule has 0 bridgehead atoms. The first kappa shape index (κ1) is 29.3. The zero-order valence-electron chi connectivity index (χ0n) is 22.0. The Morgan fingerprint density at radius 3 is 2.27 bits per heavy atom. The van der Waals surface area contributed by atoms with Gasteiger partial charge in [0.1, 0.15) is 0 Å². The number of rotatable bonds is 10. The summed E-state index contributed by atoms with van der Waals surface area (Å²) in [4.78, 5) is 25.5. The molecule has 2 N–H and O–H groups in total. The second-order valence-corrected chi connectivity index (χ2v) is 10.9. The highest BCUT2D eigenvalue weighted by Gasteiger charge is 2.26. The first-order chi connectivity index (χ1) is 19.2. The molecule has 4 rings (SSSR count). The van der Waals surface area contributed by atoms with E-state index in [0.29, 0.717) is 32.9 Å². The van der Waals surface area contributed by atoms with E-state index in [0.717, 1.165) is 5.69 Å². The molecule has 0 fully saturated rings. The van der Waals surface area contributed by atoms with E-state index in [2.05, 4.69) is 31.1 Å². The minimum atomic E-state index is -0.433. The van der Waals surface area contributed by atoms with Crippen molar-refractivity contribution in [1.29, 1.82) is 0 Å². The number of benzene rings is 3. The SMILES string of the molecule is CC(C)[C@H](NC(=O)c1ccc(Cl)cc1Cl)c1nnc(SCC(=O)Nc2ccc(N=Nc3ccccc3)cc2)n1C. The molecule has 12 heteroatoms. The fourth-order valence-electron chi connectivity index (χ4n) is 3.69. The molecule has 0 radical (unpaired) electrons. The van der Waals surface area contributed by atoms with Gasteiger partial charge in [0.25, 0.3) is 5.91 Å². The molecular weight excluding hydrogens is 569 g/mol. The van der Waals surface area contributed by atoms with E-state index in [-0.39, 0.29) is 28.5 Å². The van der Waals surface area contributed by atoms with Gasteiger partial charge >= 0.3 is 0 Å². The number of anilines is 1. The maximum atomic E-state index is 12.9. The number of thioether (sulfide) groups is 1. The normalized spacial score (nSPS) is 12.1. The fourth-order valence-corrected chi connectivity index (χ4v) is 4.91. The minimum Gasteiger partial charge on any atom is -0.342 e. The molecule has 3 aromatic carbocycles. The Bertz CT molecular complexity index is 1510. The predicted molar refractivity (Wildman–Crippen MR) is 159 cm³/mol. The van der Waals surface area contributed by atoms with Crippen LogP contribution in [0.15, 0.2) is 88.2 Å². The van der Waals surface area contributed by atoms with Crippen molar-refractivity contribution in [2.24, 2.45) is 23.2 Å². The lowest BCUT2D eigenvalue weighted by atomic mass is 10.0. The van der Waals surface area contributed by atoms with Crippen molar-refractivity contribution in [2.45, 2.75) is 25.0 Å². The van der Waals surface area contributed by atoms with E-state index in [1.807, 2.05) is 44.2 Å². The molecular formula is C28H27Cl2N7O2S. The quantitative estimate of drug-likeness (QED) is 0.146. The van der Waals surface area contributed by atoms with Crippen molar-refractivity contribution < 1.29 is 9.59 Å². The number of carbonyl (C=O) groups is 2. The van der Waals surface area contributed by atoms with Crippen LogP contribution in [0.25, 0.3) is 0 Å². The van der Waals surface area contributed by atoms with Gasteiger partial charge in [-0.25, -0.2) is 0 Å². The molecule has 1 atom stereocenters. The van der Waals surface area contributed by atoms with Gasteiger partial charge in [0.15, 0.2) is 11.0 Å². The topological polar surface area (TPSA) is 114 Å². The molecule has 1 aromatic heterocycles. The molecule has 0 aliphatic carbocycles. The lowest BCUT2D eigenvalue weighted by Crippen LogP contribution is -2.33. The van der Waals surface area contributed by atoms with E-state index >= 15 is 0 Å². The molecule has 1 heterocycles. The molecule has 40 heavy (non-hydrogen) atoms. The maximum absolute atomic E-state index is 12.9. The van der Waals surface area contributed by atoms with Crippen LogP contribution >= 0.6 is 35.0 Å². The van der Waals surface area contributed by atoms with Gasteiger partial charge in [-0.05, 0) is 60.5 Å². The third kappa shape index (κ3) is 7.68. The monoisotopic (exact) mass is 595 g/mol. The van der Waals surface area contributed by atoms with Crippen LogP contribution in [0.2, 0.25) is 10.0 Å². The van der Waals surface area contributed by atoms with Crippen molar-refractivity contribution >= 4 is 63.8 Å². The number of hydrogen-bond acceptors (Lipinski definition) is 7. The molecule has 2 amide bonds. The van der Waals surface area contributed by atoms with E-state index in [9.17, 15) is 9.59 Å². The number of halogens is 2. The van der Waals surface area contributed by atoms with Crippen LogP contribution in [0.4, 0.5) is 17.1 Å². The number of nitrogens with zero attached hydrogens (tertiary/aromatic N) is 5. The summed E-state index contributed by atoms with van der Waals surface area (Å²) >= 11 is 13.4. The van der Waals surface area contributed by atoms with Gasteiger partial charge in [-0.2, -0.15) is 10.2 Å². The average molecular weight is 597 g/mol. The third-order valence-electron chi connectivity index (χ3n) is 5.80. The Morgan fingerprint density at radius 2 is 1.62 bits per heavy atom. The summed E-state index contributed by atoms with van der Waals surface area (Å²) in [5.74, 6) is 0.162. The number of amides is 2. The molecule has 0 aliphatic heterocycles. The zero-order valence-corrected chi connectivity index (χ0v) is 24.3. The Hall–Kier alpha value is -3.73. The Kier molecular flexibility index (Phi) is 9.92. The van der Waals surface area contributed by atoms with Crippen molar-refractivity contribution in [2.75, 3.05) is 11.1 Å². The van der Waals surface area contributed by atoms with Gasteiger partial charge in [0, 0.05) is 17.8 Å². The zero-order chi connectivity index (χ0) is 28.6. The van der Waals surface area contributed by atoms with Crippen molar-refractivity contribution in [3.05, 3.63) is 94.2 Å². The third-order valence-corrected chi connectivity index (χ3v) is 7.36. The van der Waals surface area contributed by atoms with Crippen molar-refractivity contribution in [3.8, 4) is 0 Å². The number of nitrogens with one attached hydrogen (secondary N) is 2. The molecule has 0 unspecified atom stereocenters. The molecule has 4 aromatic rings. The fraction of sp³-hybridized carbons (Fsp3) is 0.214. The standard InChI is InChI=1S/C28H27Cl2N7O2S/c1-17(2)25(32-27(39)22-14-9-18(29)15-23(22)30)26-35-36-28(37(26)3)40-16-24(38)31-19-10-12-21(13-11-19)34-33-20-7-5-4-6-8-20/h4-15,17,25H,16H2,1-3H3,(H,31,38)(H,32,39)/t25-/m0/s1. The van der Waals surface area contributed by atoms with E-state index < -0.39 is 6.04 Å². The number of azo groups is 1. The molecule has 0 spiro atoms. The first-order valence-corrected chi connectivity index (χ1v) is 14.1. The first-order valence-electron chi connectivity index (χ1n) is 12.4. The van der Waals surface area contributed by atoms with Gasteiger partial charge < -0.3 is 15.2 Å².